The predicted molar refractivity (Wildman–Crippen MR) is 38.2 cm³/mol. The topological polar surface area (TPSA) is 60.3 Å². The molecule has 1 aliphatic heterocycles. The van der Waals surface area contributed by atoms with Crippen LogP contribution in [0.2, 0.25) is 0 Å². The standard InChI is InChI=1S/C7H7N2O2/c1-5(10)9-6-2-3-7(11)8-4-6/h2-4H,1H3,(H,9,10). The summed E-state index contributed by atoms with van der Waals surface area (Å²) in [5.41, 5.74) is 0.539. The highest BCUT2D eigenvalue weighted by Crippen LogP contribution is 1.96. The molecule has 1 radical (unpaired) electrons. The van der Waals surface area contributed by atoms with Gasteiger partial charge in [0.25, 0.3) is 5.91 Å². The van der Waals surface area contributed by atoms with Crippen LogP contribution in [0.5, 0.6) is 0 Å². The number of amides is 2. The second-order valence-corrected chi connectivity index (χ2v) is 2.07. The lowest BCUT2D eigenvalue weighted by Gasteiger charge is -2.04. The van der Waals surface area contributed by atoms with Crippen LogP contribution in [0, 0.1) is 0 Å². The summed E-state index contributed by atoms with van der Waals surface area (Å²) in [6.07, 6.45) is 4.13. The first-order chi connectivity index (χ1) is 5.18. The van der Waals surface area contributed by atoms with Gasteiger partial charge in [-0.2, -0.15) is 0 Å². The maximum absolute atomic E-state index is 10.5. The third-order valence-corrected chi connectivity index (χ3v) is 1.06. The number of nitrogens with one attached hydrogen (secondary N) is 1. The van der Waals surface area contributed by atoms with Crippen LogP contribution in [0.4, 0.5) is 0 Å². The van der Waals surface area contributed by atoms with Gasteiger partial charge in [0.15, 0.2) is 0 Å². The van der Waals surface area contributed by atoms with Gasteiger partial charge in [-0.05, 0) is 6.08 Å². The SMILES string of the molecule is CC(=O)NC1=C[N]C(=O)C=C1. The molecule has 0 bridgehead atoms. The summed E-state index contributed by atoms with van der Waals surface area (Å²) in [7, 11) is 0. The number of rotatable bonds is 1. The molecule has 0 fully saturated rings. The molecule has 0 spiro atoms. The molecule has 1 rings (SSSR count). The third kappa shape index (κ3) is 2.25. The second kappa shape index (κ2) is 3.01. The molecule has 4 nitrogen and oxygen atoms in total. The van der Waals surface area contributed by atoms with Gasteiger partial charge >= 0.3 is 0 Å². The Labute approximate surface area is 64.0 Å². The Balaban J connectivity index is 2.56. The quantitative estimate of drug-likeness (QED) is 0.557. The zero-order valence-corrected chi connectivity index (χ0v) is 6.00. The molecule has 0 aromatic carbocycles. The van der Waals surface area contributed by atoms with Crippen molar-refractivity contribution < 1.29 is 9.59 Å². The lowest BCUT2D eigenvalue weighted by molar-refractivity contribution is -0.118. The molecule has 0 aromatic heterocycles. The van der Waals surface area contributed by atoms with E-state index in [2.05, 4.69) is 10.6 Å². The van der Waals surface area contributed by atoms with E-state index in [1.54, 1.807) is 0 Å². The first kappa shape index (κ1) is 7.53. The molecule has 1 aliphatic rings. The Kier molecular flexibility index (Phi) is 2.06. The highest BCUT2D eigenvalue weighted by Gasteiger charge is 2.03. The van der Waals surface area contributed by atoms with Gasteiger partial charge < -0.3 is 5.32 Å². The minimum Gasteiger partial charge on any atom is -0.325 e. The maximum atomic E-state index is 10.5. The van der Waals surface area contributed by atoms with Gasteiger partial charge in [-0.3, -0.25) is 9.59 Å². The van der Waals surface area contributed by atoms with E-state index >= 15 is 0 Å². The lowest BCUT2D eigenvalue weighted by atomic mass is 10.3. The molecular formula is C7H7N2O2. The lowest BCUT2D eigenvalue weighted by Crippen LogP contribution is -2.22. The summed E-state index contributed by atoms with van der Waals surface area (Å²) < 4.78 is 0. The minimum absolute atomic E-state index is 0.176. The molecule has 4 heteroatoms. The van der Waals surface area contributed by atoms with Gasteiger partial charge in [0, 0.05) is 13.0 Å². The molecule has 1 heterocycles. The van der Waals surface area contributed by atoms with Crippen molar-refractivity contribution in [3.05, 3.63) is 24.0 Å². The van der Waals surface area contributed by atoms with E-state index in [1.165, 1.54) is 25.3 Å². The molecule has 0 atom stereocenters. The highest BCUT2D eigenvalue weighted by atomic mass is 16.2. The zero-order valence-electron chi connectivity index (χ0n) is 6.00. The van der Waals surface area contributed by atoms with Crippen LogP contribution in [0.15, 0.2) is 24.0 Å². The highest BCUT2D eigenvalue weighted by molar-refractivity contribution is 5.90. The Hall–Kier alpha value is -1.58. The first-order valence-electron chi connectivity index (χ1n) is 3.09. The Bertz CT molecular complexity index is 253. The Morgan fingerprint density at radius 2 is 2.27 bits per heavy atom. The molecule has 2 amide bonds. The molecule has 0 saturated carbocycles. The van der Waals surface area contributed by atoms with Crippen molar-refractivity contribution in [3.63, 3.8) is 0 Å². The second-order valence-electron chi connectivity index (χ2n) is 2.07. The van der Waals surface area contributed by atoms with Crippen LogP contribution in [0.25, 0.3) is 0 Å². The van der Waals surface area contributed by atoms with Crippen LogP contribution in [0.3, 0.4) is 0 Å². The van der Waals surface area contributed by atoms with Crippen molar-refractivity contribution in [2.75, 3.05) is 0 Å². The zero-order chi connectivity index (χ0) is 8.27. The van der Waals surface area contributed by atoms with Crippen molar-refractivity contribution in [2.45, 2.75) is 6.92 Å². The van der Waals surface area contributed by atoms with Crippen LogP contribution in [-0.4, -0.2) is 11.8 Å². The average molecular weight is 151 g/mol. The number of carbonyl (C=O) groups is 2. The summed E-state index contributed by atoms with van der Waals surface area (Å²) >= 11 is 0. The number of allylic oxidation sites excluding steroid dienone is 1. The number of hydrogen-bond donors (Lipinski definition) is 1. The van der Waals surface area contributed by atoms with Crippen molar-refractivity contribution >= 4 is 11.8 Å². The summed E-state index contributed by atoms with van der Waals surface area (Å²) in [6, 6.07) is 0. The van der Waals surface area contributed by atoms with Crippen molar-refractivity contribution in [2.24, 2.45) is 0 Å². The Morgan fingerprint density at radius 3 is 2.73 bits per heavy atom. The molecule has 0 aliphatic carbocycles. The summed E-state index contributed by atoms with van der Waals surface area (Å²) in [5, 5.41) is 5.95. The van der Waals surface area contributed by atoms with Gasteiger partial charge in [-0.15, -0.1) is 0 Å². The third-order valence-electron chi connectivity index (χ3n) is 1.06. The van der Waals surface area contributed by atoms with E-state index in [-0.39, 0.29) is 11.8 Å². The van der Waals surface area contributed by atoms with Gasteiger partial charge in [0.1, 0.15) is 0 Å². The summed E-state index contributed by atoms with van der Waals surface area (Å²) in [4.78, 5) is 21.0. The number of carbonyl (C=O) groups excluding carboxylic acids is 2. The molecular weight excluding hydrogens is 144 g/mol. The van der Waals surface area contributed by atoms with E-state index < -0.39 is 0 Å². The van der Waals surface area contributed by atoms with E-state index in [4.69, 9.17) is 0 Å². The monoisotopic (exact) mass is 151 g/mol. The van der Waals surface area contributed by atoms with E-state index in [0.717, 1.165) is 0 Å². The fourth-order valence-electron chi connectivity index (χ4n) is 0.658. The maximum Gasteiger partial charge on any atom is 0.269 e. The van der Waals surface area contributed by atoms with Crippen LogP contribution in [-0.2, 0) is 9.59 Å². The van der Waals surface area contributed by atoms with Crippen molar-refractivity contribution in [1.29, 1.82) is 0 Å². The minimum atomic E-state index is -0.306. The molecule has 1 N–H and O–H groups in total. The van der Waals surface area contributed by atoms with Gasteiger partial charge in [0.05, 0.1) is 11.9 Å². The summed E-state index contributed by atoms with van der Waals surface area (Å²) in [5.74, 6) is -0.482. The van der Waals surface area contributed by atoms with Gasteiger partial charge in [-0.1, -0.05) is 0 Å². The summed E-state index contributed by atoms with van der Waals surface area (Å²) in [6.45, 7) is 1.39. The fraction of sp³-hybridized carbons (Fsp3) is 0.143. The Morgan fingerprint density at radius 1 is 1.55 bits per heavy atom. The van der Waals surface area contributed by atoms with E-state index in [9.17, 15) is 9.59 Å². The van der Waals surface area contributed by atoms with Crippen LogP contribution >= 0.6 is 0 Å². The van der Waals surface area contributed by atoms with Crippen LogP contribution < -0.4 is 10.6 Å². The van der Waals surface area contributed by atoms with E-state index in [1.807, 2.05) is 0 Å². The van der Waals surface area contributed by atoms with Crippen molar-refractivity contribution in [3.8, 4) is 0 Å². The molecule has 0 aromatic rings. The van der Waals surface area contributed by atoms with E-state index in [0.29, 0.717) is 5.70 Å². The van der Waals surface area contributed by atoms with Crippen molar-refractivity contribution in [1.82, 2.24) is 10.6 Å². The number of nitrogens with zero attached hydrogens (tertiary/aromatic N) is 1. The average Bonchev–Trinajstić information content (AvgIpc) is 1.93. The normalized spacial score (nSPS) is 15.4. The predicted octanol–water partition coefficient (Wildman–Crippen LogP) is -0.335. The van der Waals surface area contributed by atoms with Gasteiger partial charge in [-0.25, -0.2) is 5.32 Å². The molecule has 0 saturated heterocycles. The smallest absolute Gasteiger partial charge is 0.269 e. The molecule has 11 heavy (non-hydrogen) atoms. The number of hydrogen-bond acceptors (Lipinski definition) is 2. The fourth-order valence-corrected chi connectivity index (χ4v) is 0.658. The molecule has 57 valence electrons. The van der Waals surface area contributed by atoms with Gasteiger partial charge in [0.2, 0.25) is 5.91 Å². The largest absolute Gasteiger partial charge is 0.325 e. The first-order valence-corrected chi connectivity index (χ1v) is 3.09. The van der Waals surface area contributed by atoms with Crippen LogP contribution in [0.1, 0.15) is 6.92 Å². The molecule has 0 unspecified atom stereocenters.